The number of phenols is 1. The van der Waals surface area contributed by atoms with Gasteiger partial charge in [-0.3, -0.25) is 4.79 Å². The van der Waals surface area contributed by atoms with Crippen molar-refractivity contribution in [2.45, 2.75) is 0 Å². The number of carbonyl (C=O) groups is 1. The Morgan fingerprint density at radius 2 is 2.25 bits per heavy atom. The van der Waals surface area contributed by atoms with E-state index in [1.165, 1.54) is 6.07 Å². The van der Waals surface area contributed by atoms with Crippen molar-refractivity contribution < 1.29 is 9.90 Å². The predicted molar refractivity (Wildman–Crippen MR) is 59.0 cm³/mol. The van der Waals surface area contributed by atoms with Crippen LogP contribution in [0.1, 0.15) is 10.4 Å². The van der Waals surface area contributed by atoms with Crippen LogP contribution in [0, 0.1) is 0 Å². The molecule has 64 valence electrons. The number of carbonyl (C=O) groups excluding carboxylic acids is 1. The van der Waals surface area contributed by atoms with E-state index in [-0.39, 0.29) is 11.5 Å². The number of Topliss-reactive ketones (excluding diaryl/α,β-unsaturated/α-hetero) is 1. The molecule has 0 saturated carbocycles. The lowest BCUT2D eigenvalue weighted by Gasteiger charge is -2.02. The predicted octanol–water partition coefficient (Wildman–Crippen LogP) is 2.77. The van der Waals surface area contributed by atoms with Crippen molar-refractivity contribution in [2.75, 3.05) is 4.43 Å². The number of hydrogen-bond donors (Lipinski definition) is 1. The molecular formula is C8H6BrIO2. The number of phenolic OH excluding ortho intramolecular Hbond substituents is 1. The fourth-order valence-corrected chi connectivity index (χ4v) is 1.81. The van der Waals surface area contributed by atoms with Gasteiger partial charge in [-0.2, -0.15) is 0 Å². The lowest BCUT2D eigenvalue weighted by molar-refractivity contribution is 0.102. The van der Waals surface area contributed by atoms with Gasteiger partial charge < -0.3 is 5.11 Å². The van der Waals surface area contributed by atoms with Gasteiger partial charge in [0.1, 0.15) is 5.75 Å². The molecule has 0 aliphatic rings. The van der Waals surface area contributed by atoms with E-state index in [9.17, 15) is 9.90 Å². The van der Waals surface area contributed by atoms with Crippen LogP contribution < -0.4 is 0 Å². The van der Waals surface area contributed by atoms with Gasteiger partial charge >= 0.3 is 0 Å². The molecule has 4 heteroatoms. The first-order valence-electron chi connectivity index (χ1n) is 3.23. The molecule has 0 spiro atoms. The average molecular weight is 341 g/mol. The summed E-state index contributed by atoms with van der Waals surface area (Å²) >= 11 is 5.17. The average Bonchev–Trinajstić information content (AvgIpc) is 2.03. The highest BCUT2D eigenvalue weighted by Crippen LogP contribution is 2.26. The topological polar surface area (TPSA) is 37.3 Å². The van der Waals surface area contributed by atoms with Crippen molar-refractivity contribution in [3.05, 3.63) is 28.2 Å². The maximum absolute atomic E-state index is 11.3. The molecule has 12 heavy (non-hydrogen) atoms. The molecule has 0 saturated heterocycles. The summed E-state index contributed by atoms with van der Waals surface area (Å²) in [6.07, 6.45) is 0. The molecule has 1 N–H and O–H groups in total. The lowest BCUT2D eigenvalue weighted by atomic mass is 10.1. The summed E-state index contributed by atoms with van der Waals surface area (Å²) in [6.45, 7) is 0. The van der Waals surface area contributed by atoms with Crippen molar-refractivity contribution in [3.8, 4) is 5.75 Å². The van der Waals surface area contributed by atoms with Crippen LogP contribution in [-0.4, -0.2) is 15.3 Å². The minimum atomic E-state index is -0.0689. The van der Waals surface area contributed by atoms with E-state index >= 15 is 0 Å². The first-order chi connectivity index (χ1) is 5.66. The SMILES string of the molecule is O=C(CI)c1c(O)cccc1Br. The summed E-state index contributed by atoms with van der Waals surface area (Å²) in [5, 5.41) is 9.34. The van der Waals surface area contributed by atoms with E-state index < -0.39 is 0 Å². The van der Waals surface area contributed by atoms with Gasteiger partial charge in [0.2, 0.25) is 0 Å². The van der Waals surface area contributed by atoms with E-state index in [1.54, 1.807) is 12.1 Å². The standard InChI is InChI=1S/C8H6BrIO2/c9-5-2-1-3-6(11)8(5)7(12)4-10/h1-3,11H,4H2. The van der Waals surface area contributed by atoms with Gasteiger partial charge in [0.15, 0.2) is 5.78 Å². The van der Waals surface area contributed by atoms with Crippen LogP contribution >= 0.6 is 38.5 Å². The number of hydrogen-bond acceptors (Lipinski definition) is 2. The van der Waals surface area contributed by atoms with Crippen molar-refractivity contribution >= 4 is 44.3 Å². The first kappa shape index (κ1) is 9.98. The Balaban J connectivity index is 3.21. The number of aromatic hydroxyl groups is 1. The van der Waals surface area contributed by atoms with E-state index in [0.29, 0.717) is 14.5 Å². The van der Waals surface area contributed by atoms with E-state index in [0.717, 1.165) is 0 Å². The molecule has 0 amide bonds. The number of alkyl halides is 1. The third-order valence-electron chi connectivity index (χ3n) is 1.39. The molecule has 1 rings (SSSR count). The van der Waals surface area contributed by atoms with Crippen molar-refractivity contribution in [3.63, 3.8) is 0 Å². The highest BCUT2D eigenvalue weighted by atomic mass is 127. The number of ketones is 1. The molecule has 0 aliphatic heterocycles. The molecular weight excluding hydrogens is 335 g/mol. The molecule has 0 atom stereocenters. The van der Waals surface area contributed by atoms with E-state index in [4.69, 9.17) is 0 Å². The highest BCUT2D eigenvalue weighted by Gasteiger charge is 2.12. The van der Waals surface area contributed by atoms with E-state index in [2.05, 4.69) is 15.9 Å². The lowest BCUT2D eigenvalue weighted by Crippen LogP contribution is -2.01. The maximum atomic E-state index is 11.3. The van der Waals surface area contributed by atoms with Crippen LogP contribution in [0.3, 0.4) is 0 Å². The van der Waals surface area contributed by atoms with Gasteiger partial charge in [0.05, 0.1) is 9.99 Å². The van der Waals surface area contributed by atoms with Gasteiger partial charge in [-0.15, -0.1) is 0 Å². The normalized spacial score (nSPS) is 9.83. The van der Waals surface area contributed by atoms with Gasteiger partial charge in [-0.25, -0.2) is 0 Å². The third-order valence-corrected chi connectivity index (χ3v) is 2.75. The molecule has 0 aliphatic carbocycles. The maximum Gasteiger partial charge on any atom is 0.177 e. The largest absolute Gasteiger partial charge is 0.507 e. The fourth-order valence-electron chi connectivity index (χ4n) is 0.856. The fraction of sp³-hybridized carbons (Fsp3) is 0.125. The second-order valence-corrected chi connectivity index (χ2v) is 3.81. The molecule has 0 aromatic heterocycles. The van der Waals surface area contributed by atoms with E-state index in [1.807, 2.05) is 22.6 Å². The Kier molecular flexibility index (Phi) is 3.52. The van der Waals surface area contributed by atoms with Gasteiger partial charge in [0.25, 0.3) is 0 Å². The smallest absolute Gasteiger partial charge is 0.177 e. The Morgan fingerprint density at radius 1 is 1.58 bits per heavy atom. The van der Waals surface area contributed by atoms with Crippen molar-refractivity contribution in [1.29, 1.82) is 0 Å². The molecule has 0 unspecified atom stereocenters. The summed E-state index contributed by atoms with van der Waals surface area (Å²) in [5.74, 6) is -0.0355. The molecule has 1 aromatic rings. The van der Waals surface area contributed by atoms with Crippen LogP contribution in [0.5, 0.6) is 5.75 Å². The summed E-state index contributed by atoms with van der Waals surface area (Å²) < 4.78 is 1.01. The van der Waals surface area contributed by atoms with Gasteiger partial charge in [0, 0.05) is 4.47 Å². The first-order valence-corrected chi connectivity index (χ1v) is 5.55. The number of benzene rings is 1. The van der Waals surface area contributed by atoms with Crippen LogP contribution in [0.15, 0.2) is 22.7 Å². The van der Waals surface area contributed by atoms with Crippen LogP contribution in [0.4, 0.5) is 0 Å². The van der Waals surface area contributed by atoms with Crippen LogP contribution in [0.25, 0.3) is 0 Å². The second-order valence-electron chi connectivity index (χ2n) is 2.19. The van der Waals surface area contributed by atoms with Gasteiger partial charge in [-0.1, -0.05) is 28.7 Å². The Morgan fingerprint density at radius 3 is 2.75 bits per heavy atom. The quantitative estimate of drug-likeness (QED) is 0.510. The highest BCUT2D eigenvalue weighted by molar-refractivity contribution is 14.1. The van der Waals surface area contributed by atoms with Gasteiger partial charge in [-0.05, 0) is 28.1 Å². The summed E-state index contributed by atoms with van der Waals surface area (Å²) in [4.78, 5) is 11.3. The number of rotatable bonds is 2. The third kappa shape index (κ3) is 1.98. The monoisotopic (exact) mass is 340 g/mol. The van der Waals surface area contributed by atoms with Crippen molar-refractivity contribution in [2.24, 2.45) is 0 Å². The zero-order valence-electron chi connectivity index (χ0n) is 6.05. The Hall–Kier alpha value is -0.100. The molecule has 2 nitrogen and oxygen atoms in total. The molecule has 1 aromatic carbocycles. The minimum Gasteiger partial charge on any atom is -0.507 e. The summed E-state index contributed by atoms with van der Waals surface area (Å²) in [7, 11) is 0. The second kappa shape index (κ2) is 4.23. The van der Waals surface area contributed by atoms with Crippen LogP contribution in [-0.2, 0) is 0 Å². The Labute approximate surface area is 92.2 Å². The zero-order chi connectivity index (χ0) is 9.14. The molecule has 0 fully saturated rings. The Bertz CT molecular complexity index is 292. The summed E-state index contributed by atoms with van der Waals surface area (Å²) in [6, 6.07) is 4.92. The summed E-state index contributed by atoms with van der Waals surface area (Å²) in [5.41, 5.74) is 0.368. The molecule has 0 heterocycles. The number of halogens is 2. The molecule has 0 radical (unpaired) electrons. The van der Waals surface area contributed by atoms with Crippen LogP contribution in [0.2, 0.25) is 0 Å². The van der Waals surface area contributed by atoms with Crippen molar-refractivity contribution in [1.82, 2.24) is 0 Å². The molecule has 0 bridgehead atoms. The minimum absolute atomic E-state index is 0.0334. The zero-order valence-corrected chi connectivity index (χ0v) is 9.79.